The van der Waals surface area contributed by atoms with Crippen molar-refractivity contribution in [1.82, 2.24) is 15.1 Å². The van der Waals surface area contributed by atoms with Gasteiger partial charge in [0.05, 0.1) is 12.0 Å². The summed E-state index contributed by atoms with van der Waals surface area (Å²) in [7, 11) is 3.59. The van der Waals surface area contributed by atoms with Crippen LogP contribution in [0.5, 0.6) is 0 Å². The first kappa shape index (κ1) is 14.1. The van der Waals surface area contributed by atoms with Crippen LogP contribution in [0, 0.1) is 17.2 Å². The van der Waals surface area contributed by atoms with Gasteiger partial charge in [-0.3, -0.25) is 0 Å². The molecule has 0 aromatic carbocycles. The number of rotatable bonds is 2. The molecule has 1 aliphatic carbocycles. The zero-order valence-electron chi connectivity index (χ0n) is 11.9. The Morgan fingerprint density at radius 3 is 2.53 bits per heavy atom. The first-order chi connectivity index (χ1) is 9.11. The van der Waals surface area contributed by atoms with Gasteiger partial charge in [0.1, 0.15) is 0 Å². The number of nitrogens with zero attached hydrogens (tertiary/aromatic N) is 3. The van der Waals surface area contributed by atoms with Crippen LogP contribution in [-0.2, 0) is 0 Å². The number of nitrogens with one attached hydrogen (secondary N) is 1. The molecule has 1 N–H and O–H groups in total. The summed E-state index contributed by atoms with van der Waals surface area (Å²) < 4.78 is 0. The lowest BCUT2D eigenvalue weighted by atomic mass is 10.00. The fraction of sp³-hybridized carbons (Fsp3) is 0.857. The molecule has 106 valence electrons. The molecular weight excluding hydrogens is 240 g/mol. The second kappa shape index (κ2) is 6.25. The van der Waals surface area contributed by atoms with Crippen LogP contribution in [0.4, 0.5) is 4.79 Å². The summed E-state index contributed by atoms with van der Waals surface area (Å²) in [5.41, 5.74) is 0. The summed E-state index contributed by atoms with van der Waals surface area (Å²) in [5.74, 6) is 0.182. The largest absolute Gasteiger partial charge is 0.331 e. The van der Waals surface area contributed by atoms with Crippen LogP contribution < -0.4 is 5.32 Å². The molecule has 0 spiro atoms. The van der Waals surface area contributed by atoms with Crippen LogP contribution in [0.25, 0.3) is 0 Å². The maximum absolute atomic E-state index is 11.8. The topological polar surface area (TPSA) is 59.4 Å². The third kappa shape index (κ3) is 3.38. The molecule has 1 heterocycles. The Bertz CT molecular complexity index is 355. The molecule has 5 heteroatoms. The Labute approximate surface area is 115 Å². The van der Waals surface area contributed by atoms with Crippen LogP contribution in [0.3, 0.4) is 0 Å². The number of urea groups is 1. The van der Waals surface area contributed by atoms with E-state index in [0.29, 0.717) is 12.1 Å². The van der Waals surface area contributed by atoms with Gasteiger partial charge in [-0.15, -0.1) is 0 Å². The Morgan fingerprint density at radius 1 is 1.26 bits per heavy atom. The standard InChI is InChI=1S/C14H24N4O/c1-17(2)14(19)18-8-6-12(7-9-18)16-13-5-3-4-11(13)10-15/h11-13,16H,3-9H2,1-2H3. The van der Waals surface area contributed by atoms with E-state index in [2.05, 4.69) is 11.4 Å². The maximum atomic E-state index is 11.8. The summed E-state index contributed by atoms with van der Waals surface area (Å²) in [6.07, 6.45) is 5.30. The second-order valence-corrected chi connectivity index (χ2v) is 5.88. The van der Waals surface area contributed by atoms with Crippen LogP contribution in [-0.4, -0.2) is 55.1 Å². The van der Waals surface area contributed by atoms with Gasteiger partial charge in [-0.05, 0) is 25.7 Å². The predicted molar refractivity (Wildman–Crippen MR) is 73.6 cm³/mol. The van der Waals surface area contributed by atoms with Crippen molar-refractivity contribution in [3.8, 4) is 6.07 Å². The lowest BCUT2D eigenvalue weighted by Gasteiger charge is -2.35. The van der Waals surface area contributed by atoms with E-state index >= 15 is 0 Å². The van der Waals surface area contributed by atoms with Gasteiger partial charge >= 0.3 is 6.03 Å². The number of amides is 2. The number of piperidine rings is 1. The molecule has 2 fully saturated rings. The molecule has 1 saturated carbocycles. The molecule has 2 amide bonds. The SMILES string of the molecule is CN(C)C(=O)N1CCC(NC2CCCC2C#N)CC1. The molecule has 2 unspecified atom stereocenters. The average Bonchev–Trinajstić information content (AvgIpc) is 2.86. The highest BCUT2D eigenvalue weighted by molar-refractivity contribution is 5.73. The maximum Gasteiger partial charge on any atom is 0.319 e. The number of hydrogen-bond acceptors (Lipinski definition) is 3. The van der Waals surface area contributed by atoms with Crippen molar-refractivity contribution < 1.29 is 4.79 Å². The molecule has 0 aromatic rings. The quantitative estimate of drug-likeness (QED) is 0.820. The van der Waals surface area contributed by atoms with Crippen LogP contribution in [0.2, 0.25) is 0 Å². The summed E-state index contributed by atoms with van der Waals surface area (Å²) in [5, 5.41) is 12.7. The highest BCUT2D eigenvalue weighted by Crippen LogP contribution is 2.26. The average molecular weight is 264 g/mol. The van der Waals surface area contributed by atoms with Gasteiger partial charge in [0.25, 0.3) is 0 Å². The number of carbonyl (C=O) groups excluding carboxylic acids is 1. The van der Waals surface area contributed by atoms with Gasteiger partial charge in [0, 0.05) is 39.3 Å². The Balaban J connectivity index is 1.78. The molecule has 2 aliphatic rings. The zero-order chi connectivity index (χ0) is 13.8. The van der Waals surface area contributed by atoms with Crippen LogP contribution in [0.15, 0.2) is 0 Å². The number of hydrogen-bond donors (Lipinski definition) is 1. The Hall–Kier alpha value is -1.28. The van der Waals surface area contributed by atoms with E-state index in [1.165, 1.54) is 0 Å². The molecule has 1 saturated heterocycles. The predicted octanol–water partition coefficient (Wildman–Crippen LogP) is 1.41. The summed E-state index contributed by atoms with van der Waals surface area (Å²) in [6, 6.07) is 3.35. The van der Waals surface area contributed by atoms with Crippen molar-refractivity contribution in [2.45, 2.75) is 44.2 Å². The van der Waals surface area contributed by atoms with E-state index in [4.69, 9.17) is 5.26 Å². The van der Waals surface area contributed by atoms with E-state index in [1.54, 1.807) is 19.0 Å². The summed E-state index contributed by atoms with van der Waals surface area (Å²) >= 11 is 0. The van der Waals surface area contributed by atoms with Gasteiger partial charge in [0.15, 0.2) is 0 Å². The third-order valence-electron chi connectivity index (χ3n) is 4.28. The third-order valence-corrected chi connectivity index (χ3v) is 4.28. The lowest BCUT2D eigenvalue weighted by Crippen LogP contribution is -2.50. The van der Waals surface area contributed by atoms with E-state index in [1.807, 2.05) is 4.90 Å². The minimum Gasteiger partial charge on any atom is -0.331 e. The Kier molecular flexibility index (Phi) is 4.65. The van der Waals surface area contributed by atoms with Gasteiger partial charge in [0.2, 0.25) is 0 Å². The van der Waals surface area contributed by atoms with E-state index in [9.17, 15) is 4.79 Å². The minimum atomic E-state index is 0.106. The van der Waals surface area contributed by atoms with E-state index in [0.717, 1.165) is 45.2 Å². The number of carbonyl (C=O) groups is 1. The highest BCUT2D eigenvalue weighted by Gasteiger charge is 2.31. The highest BCUT2D eigenvalue weighted by atomic mass is 16.2. The molecule has 2 atom stereocenters. The normalized spacial score (nSPS) is 28.2. The van der Waals surface area contributed by atoms with Crippen LogP contribution in [0.1, 0.15) is 32.1 Å². The van der Waals surface area contributed by atoms with E-state index in [-0.39, 0.29) is 11.9 Å². The molecule has 5 nitrogen and oxygen atoms in total. The fourth-order valence-electron chi connectivity index (χ4n) is 3.14. The van der Waals surface area contributed by atoms with Gasteiger partial charge in [-0.25, -0.2) is 4.79 Å². The first-order valence-corrected chi connectivity index (χ1v) is 7.23. The van der Waals surface area contributed by atoms with Gasteiger partial charge < -0.3 is 15.1 Å². The number of likely N-dealkylation sites (tertiary alicyclic amines) is 1. The Morgan fingerprint density at radius 2 is 1.95 bits per heavy atom. The molecule has 2 rings (SSSR count). The van der Waals surface area contributed by atoms with Gasteiger partial charge in [-0.1, -0.05) is 6.42 Å². The molecule has 0 bridgehead atoms. The lowest BCUT2D eigenvalue weighted by molar-refractivity contribution is 0.150. The smallest absolute Gasteiger partial charge is 0.319 e. The second-order valence-electron chi connectivity index (χ2n) is 5.88. The molecule has 0 aromatic heterocycles. The number of nitriles is 1. The van der Waals surface area contributed by atoms with Gasteiger partial charge in [-0.2, -0.15) is 5.26 Å². The van der Waals surface area contributed by atoms with Crippen LogP contribution >= 0.6 is 0 Å². The molecule has 1 aliphatic heterocycles. The summed E-state index contributed by atoms with van der Waals surface area (Å²) in [4.78, 5) is 15.4. The minimum absolute atomic E-state index is 0.106. The van der Waals surface area contributed by atoms with Crippen molar-refractivity contribution in [3.63, 3.8) is 0 Å². The molecule has 19 heavy (non-hydrogen) atoms. The zero-order valence-corrected chi connectivity index (χ0v) is 11.9. The van der Waals surface area contributed by atoms with Crippen molar-refractivity contribution in [1.29, 1.82) is 5.26 Å². The molecule has 0 radical (unpaired) electrons. The van der Waals surface area contributed by atoms with Crippen molar-refractivity contribution >= 4 is 6.03 Å². The fourth-order valence-corrected chi connectivity index (χ4v) is 3.14. The van der Waals surface area contributed by atoms with Crippen molar-refractivity contribution in [2.24, 2.45) is 5.92 Å². The monoisotopic (exact) mass is 264 g/mol. The summed E-state index contributed by atoms with van der Waals surface area (Å²) in [6.45, 7) is 1.64. The van der Waals surface area contributed by atoms with Crippen molar-refractivity contribution in [3.05, 3.63) is 0 Å². The first-order valence-electron chi connectivity index (χ1n) is 7.23. The van der Waals surface area contributed by atoms with Crippen molar-refractivity contribution in [2.75, 3.05) is 27.2 Å². The molecular formula is C14H24N4O. The van der Waals surface area contributed by atoms with E-state index < -0.39 is 0 Å².